The predicted octanol–water partition coefficient (Wildman–Crippen LogP) is 0.483. The first-order chi connectivity index (χ1) is 9.83. The Balaban J connectivity index is 0.00000132. The van der Waals surface area contributed by atoms with Gasteiger partial charge in [-0.25, -0.2) is 0 Å². The molecule has 0 unspecified atom stereocenters. The van der Waals surface area contributed by atoms with E-state index < -0.39 is 0 Å². The number of piperidine rings is 1. The third-order valence-electron chi connectivity index (χ3n) is 4.56. The lowest BCUT2D eigenvalue weighted by atomic mass is 9.87. The quantitative estimate of drug-likeness (QED) is 0.830. The van der Waals surface area contributed by atoms with E-state index in [0.29, 0.717) is 0 Å². The largest absolute Gasteiger partial charge is 0.389 e. The van der Waals surface area contributed by atoms with E-state index in [4.69, 9.17) is 4.84 Å². The summed E-state index contributed by atoms with van der Waals surface area (Å²) in [5, 5.41) is 18.8. The maximum atomic E-state index is 5.78. The first kappa shape index (κ1) is 14.7. The summed E-state index contributed by atoms with van der Waals surface area (Å²) in [6, 6.07) is 0. The van der Waals surface area contributed by atoms with Gasteiger partial charge in [-0.2, -0.15) is 15.4 Å². The molecule has 8 heteroatoms. The molecule has 7 nitrogen and oxygen atoms in total. The number of H-pyrrole nitrogens is 1. The van der Waals surface area contributed by atoms with Gasteiger partial charge < -0.3 is 10.2 Å². The van der Waals surface area contributed by atoms with Crippen molar-refractivity contribution < 1.29 is 4.84 Å². The van der Waals surface area contributed by atoms with Gasteiger partial charge in [0, 0.05) is 45.3 Å². The van der Waals surface area contributed by atoms with Crippen molar-refractivity contribution >= 4 is 18.1 Å². The van der Waals surface area contributed by atoms with E-state index in [0.717, 1.165) is 69.8 Å². The lowest BCUT2D eigenvalue weighted by molar-refractivity contribution is -0.0400. The minimum Gasteiger partial charge on any atom is -0.389 e. The number of nitrogens with zero attached hydrogens (tertiary/aromatic N) is 4. The molecule has 3 aliphatic rings. The molecule has 4 rings (SSSR count). The van der Waals surface area contributed by atoms with Gasteiger partial charge >= 0.3 is 0 Å². The summed E-state index contributed by atoms with van der Waals surface area (Å²) in [4.78, 5) is 8.16. The zero-order valence-electron chi connectivity index (χ0n) is 12.0. The summed E-state index contributed by atoms with van der Waals surface area (Å²) < 4.78 is 0. The molecule has 3 aliphatic heterocycles. The van der Waals surface area contributed by atoms with Crippen LogP contribution in [0.15, 0.2) is 5.16 Å². The monoisotopic (exact) mass is 312 g/mol. The van der Waals surface area contributed by atoms with Crippen LogP contribution < -0.4 is 5.32 Å². The molecule has 0 amide bonds. The van der Waals surface area contributed by atoms with E-state index in [1.807, 2.05) is 0 Å². The smallest absolute Gasteiger partial charge is 0.145 e. The highest BCUT2D eigenvalue weighted by Gasteiger charge is 2.40. The van der Waals surface area contributed by atoms with Gasteiger partial charge in [0.1, 0.15) is 5.60 Å². The highest BCUT2D eigenvalue weighted by Crippen LogP contribution is 2.32. The van der Waals surface area contributed by atoms with Crippen molar-refractivity contribution in [2.75, 3.05) is 26.2 Å². The first-order valence-electron chi connectivity index (χ1n) is 7.39. The van der Waals surface area contributed by atoms with Gasteiger partial charge in [-0.15, -0.1) is 12.4 Å². The van der Waals surface area contributed by atoms with Gasteiger partial charge in [-0.1, -0.05) is 5.16 Å². The number of oxime groups is 1. The highest BCUT2D eigenvalue weighted by molar-refractivity contribution is 5.88. The van der Waals surface area contributed by atoms with Crippen LogP contribution in [0.4, 0.5) is 0 Å². The van der Waals surface area contributed by atoms with E-state index in [2.05, 4.69) is 30.8 Å². The molecular weight excluding hydrogens is 292 g/mol. The number of nitrogens with one attached hydrogen (secondary N) is 2. The van der Waals surface area contributed by atoms with Crippen LogP contribution in [0.25, 0.3) is 0 Å². The highest BCUT2D eigenvalue weighted by atomic mass is 35.5. The van der Waals surface area contributed by atoms with E-state index in [1.165, 1.54) is 5.71 Å². The molecule has 116 valence electrons. The van der Waals surface area contributed by atoms with Gasteiger partial charge in [-0.05, 0) is 13.1 Å². The van der Waals surface area contributed by atoms with Crippen molar-refractivity contribution in [1.82, 2.24) is 25.6 Å². The van der Waals surface area contributed by atoms with Crippen LogP contribution in [0.1, 0.15) is 30.7 Å². The average Bonchev–Trinajstić information content (AvgIpc) is 3.07. The summed E-state index contributed by atoms with van der Waals surface area (Å²) >= 11 is 0. The Morgan fingerprint density at radius 1 is 1.19 bits per heavy atom. The molecule has 0 saturated carbocycles. The maximum Gasteiger partial charge on any atom is 0.145 e. The second-order valence-electron chi connectivity index (χ2n) is 6.04. The van der Waals surface area contributed by atoms with Gasteiger partial charge in [0.15, 0.2) is 0 Å². The van der Waals surface area contributed by atoms with Crippen LogP contribution >= 0.6 is 12.4 Å². The molecule has 1 saturated heterocycles. The van der Waals surface area contributed by atoms with Crippen molar-refractivity contribution in [2.24, 2.45) is 5.16 Å². The van der Waals surface area contributed by atoms with Gasteiger partial charge in [-0.3, -0.25) is 4.90 Å². The van der Waals surface area contributed by atoms with Crippen LogP contribution in [0.5, 0.6) is 0 Å². The first-order valence-corrected chi connectivity index (χ1v) is 7.39. The molecule has 0 bridgehead atoms. The topological polar surface area (TPSA) is 78.4 Å². The van der Waals surface area contributed by atoms with Crippen LogP contribution in [0.2, 0.25) is 0 Å². The molecule has 0 aliphatic carbocycles. The average molecular weight is 313 g/mol. The summed E-state index contributed by atoms with van der Waals surface area (Å²) in [5.74, 6) is 0. The zero-order chi connectivity index (χ0) is 13.4. The molecule has 2 N–H and O–H groups in total. The number of aromatic nitrogens is 3. The second-order valence-corrected chi connectivity index (χ2v) is 6.04. The standard InChI is InChI=1S/C13H20N6O.ClH/c1-6-19(9-12-11(1)15-18-16-12)8-10-7-13(20-17-10)2-4-14-5-3-13;/h14H,1-9H2,(H,15,16,18);1H. The Morgan fingerprint density at radius 3 is 2.86 bits per heavy atom. The summed E-state index contributed by atoms with van der Waals surface area (Å²) in [6.45, 7) is 4.84. The van der Waals surface area contributed by atoms with Crippen LogP contribution in [-0.4, -0.2) is 57.8 Å². The molecule has 21 heavy (non-hydrogen) atoms. The zero-order valence-corrected chi connectivity index (χ0v) is 12.8. The Hall–Kier alpha value is -1.18. The fourth-order valence-corrected chi connectivity index (χ4v) is 3.38. The van der Waals surface area contributed by atoms with Crippen molar-refractivity contribution in [3.8, 4) is 0 Å². The van der Waals surface area contributed by atoms with E-state index in [-0.39, 0.29) is 18.0 Å². The van der Waals surface area contributed by atoms with E-state index in [1.54, 1.807) is 0 Å². The molecular formula is C13H21ClN6O. The Bertz CT molecular complexity index is 524. The lowest BCUT2D eigenvalue weighted by Gasteiger charge is -2.31. The molecule has 1 fully saturated rings. The predicted molar refractivity (Wildman–Crippen MR) is 80.6 cm³/mol. The van der Waals surface area contributed by atoms with E-state index in [9.17, 15) is 0 Å². The molecule has 1 aromatic rings. The minimum absolute atomic E-state index is 0. The lowest BCUT2D eigenvalue weighted by Crippen LogP contribution is -2.43. The molecule has 1 aromatic heterocycles. The number of hydrogen-bond acceptors (Lipinski definition) is 6. The van der Waals surface area contributed by atoms with Gasteiger partial charge in [0.25, 0.3) is 0 Å². The molecule has 0 atom stereocenters. The molecule has 0 aromatic carbocycles. The van der Waals surface area contributed by atoms with Gasteiger partial charge in [0.2, 0.25) is 0 Å². The fraction of sp³-hybridized carbons (Fsp3) is 0.769. The molecule has 0 radical (unpaired) electrons. The number of fused-ring (bicyclic) bond motifs is 1. The van der Waals surface area contributed by atoms with Crippen molar-refractivity contribution in [1.29, 1.82) is 0 Å². The Morgan fingerprint density at radius 2 is 2.00 bits per heavy atom. The number of rotatable bonds is 2. The maximum absolute atomic E-state index is 5.78. The minimum atomic E-state index is -0.0184. The molecule has 1 spiro atoms. The third kappa shape index (κ3) is 2.90. The van der Waals surface area contributed by atoms with Crippen LogP contribution in [0, 0.1) is 0 Å². The SMILES string of the molecule is C1CC2(CCN1)CC(CN1CCc3n[nH]nc3C1)=NO2.Cl. The van der Waals surface area contributed by atoms with Crippen molar-refractivity contribution in [2.45, 2.75) is 37.8 Å². The van der Waals surface area contributed by atoms with Crippen LogP contribution in [0.3, 0.4) is 0 Å². The third-order valence-corrected chi connectivity index (χ3v) is 4.56. The van der Waals surface area contributed by atoms with Crippen molar-refractivity contribution in [3.05, 3.63) is 11.4 Å². The number of hydrogen-bond donors (Lipinski definition) is 2. The fourth-order valence-electron chi connectivity index (χ4n) is 3.38. The number of aromatic amines is 1. The Labute approximate surface area is 129 Å². The summed E-state index contributed by atoms with van der Waals surface area (Å²) in [7, 11) is 0. The second kappa shape index (κ2) is 5.90. The number of halogens is 1. The van der Waals surface area contributed by atoms with Gasteiger partial charge in [0.05, 0.1) is 17.1 Å². The van der Waals surface area contributed by atoms with Crippen LogP contribution in [-0.2, 0) is 17.8 Å². The van der Waals surface area contributed by atoms with Crippen molar-refractivity contribution in [3.63, 3.8) is 0 Å². The van der Waals surface area contributed by atoms with E-state index >= 15 is 0 Å². The normalized spacial score (nSPS) is 24.1. The Kier molecular flexibility index (Phi) is 4.14. The summed E-state index contributed by atoms with van der Waals surface area (Å²) in [5.41, 5.74) is 3.35. The molecule has 4 heterocycles. The summed E-state index contributed by atoms with van der Waals surface area (Å²) in [6.07, 6.45) is 4.08.